The number of aliphatic carboxylic acids is 1. The van der Waals surface area contributed by atoms with Gasteiger partial charge in [-0.2, -0.15) is 0 Å². The molecule has 0 rings (SSSR count). The fraction of sp³-hybridized carbons (Fsp3) is 0.857. The highest BCUT2D eigenvalue weighted by Crippen LogP contribution is 1.96. The van der Waals surface area contributed by atoms with Crippen LogP contribution in [0, 0.1) is 0 Å². The molecule has 0 spiro atoms. The predicted octanol–water partition coefficient (Wildman–Crippen LogP) is -0.884. The number of hydrogen-bond donors (Lipinski definition) is 3. The Kier molecular flexibility index (Phi) is 5.03. The van der Waals surface area contributed by atoms with E-state index in [-0.39, 0.29) is 13.0 Å². The van der Waals surface area contributed by atoms with Gasteiger partial charge in [0.1, 0.15) is 6.04 Å². The van der Waals surface area contributed by atoms with Crippen LogP contribution < -0.4 is 10.5 Å². The van der Waals surface area contributed by atoms with Crippen molar-refractivity contribution in [1.29, 1.82) is 0 Å². The number of nitrogens with one attached hydrogen (secondary N) is 1. The molecule has 14 heavy (non-hydrogen) atoms. The Morgan fingerprint density at radius 2 is 2.00 bits per heavy atom. The van der Waals surface area contributed by atoms with Crippen LogP contribution in [0.2, 0.25) is 0 Å². The van der Waals surface area contributed by atoms with Gasteiger partial charge in [-0.25, -0.2) is 13.1 Å². The Morgan fingerprint density at radius 1 is 1.50 bits per heavy atom. The topological polar surface area (TPSA) is 109 Å². The van der Waals surface area contributed by atoms with Crippen LogP contribution in [0.25, 0.3) is 0 Å². The summed E-state index contributed by atoms with van der Waals surface area (Å²) in [6, 6.07) is -1.02. The molecule has 0 amide bonds. The van der Waals surface area contributed by atoms with Crippen molar-refractivity contribution in [3.63, 3.8) is 0 Å². The molecule has 0 aromatic rings. The van der Waals surface area contributed by atoms with Gasteiger partial charge in [0.15, 0.2) is 0 Å². The minimum Gasteiger partial charge on any atom is -0.480 e. The van der Waals surface area contributed by atoms with E-state index >= 15 is 0 Å². The lowest BCUT2D eigenvalue weighted by Crippen LogP contribution is -2.37. The van der Waals surface area contributed by atoms with Crippen LogP contribution in [0.15, 0.2) is 0 Å². The third-order valence-corrected chi connectivity index (χ3v) is 3.54. The molecule has 0 aliphatic rings. The number of nitrogens with two attached hydrogens (primary N) is 1. The predicted molar refractivity (Wildman–Crippen MR) is 52.3 cm³/mol. The van der Waals surface area contributed by atoms with E-state index < -0.39 is 27.3 Å². The van der Waals surface area contributed by atoms with Gasteiger partial charge >= 0.3 is 5.97 Å². The van der Waals surface area contributed by atoms with Gasteiger partial charge in [0, 0.05) is 6.54 Å². The molecule has 0 saturated heterocycles. The normalized spacial score (nSPS) is 14.3. The van der Waals surface area contributed by atoms with Crippen molar-refractivity contribution in [1.82, 2.24) is 4.72 Å². The van der Waals surface area contributed by atoms with Crippen LogP contribution >= 0.6 is 0 Å². The first-order valence-electron chi connectivity index (χ1n) is 4.24. The average molecular weight is 224 g/mol. The maximum atomic E-state index is 11.2. The van der Waals surface area contributed by atoms with Crippen molar-refractivity contribution < 1.29 is 18.3 Å². The summed E-state index contributed by atoms with van der Waals surface area (Å²) in [7, 11) is -3.32. The van der Waals surface area contributed by atoms with Crippen LogP contribution in [0.4, 0.5) is 0 Å². The fourth-order valence-corrected chi connectivity index (χ4v) is 1.38. The maximum Gasteiger partial charge on any atom is 0.320 e. The summed E-state index contributed by atoms with van der Waals surface area (Å²) >= 11 is 0. The van der Waals surface area contributed by atoms with E-state index in [1.165, 1.54) is 0 Å². The second kappa shape index (κ2) is 5.28. The number of hydrogen-bond acceptors (Lipinski definition) is 4. The number of sulfonamides is 1. The van der Waals surface area contributed by atoms with Crippen LogP contribution in [0.5, 0.6) is 0 Å². The third-order valence-electron chi connectivity index (χ3n) is 1.70. The van der Waals surface area contributed by atoms with E-state index in [1.807, 2.05) is 0 Å². The molecule has 1 unspecified atom stereocenters. The largest absolute Gasteiger partial charge is 0.480 e. The third kappa shape index (κ3) is 4.54. The van der Waals surface area contributed by atoms with E-state index in [4.69, 9.17) is 10.8 Å². The van der Waals surface area contributed by atoms with Gasteiger partial charge in [0.05, 0.1) is 5.25 Å². The molecule has 7 heteroatoms. The van der Waals surface area contributed by atoms with E-state index in [1.54, 1.807) is 13.8 Å². The summed E-state index contributed by atoms with van der Waals surface area (Å²) in [5.74, 6) is -1.13. The molecule has 4 N–H and O–H groups in total. The lowest BCUT2D eigenvalue weighted by atomic mass is 10.2. The highest BCUT2D eigenvalue weighted by Gasteiger charge is 2.16. The minimum atomic E-state index is -3.32. The highest BCUT2D eigenvalue weighted by atomic mass is 32.2. The Balaban J connectivity index is 3.92. The first kappa shape index (κ1) is 13.3. The second-order valence-corrected chi connectivity index (χ2v) is 5.54. The fourth-order valence-electron chi connectivity index (χ4n) is 0.647. The molecule has 0 aliphatic heterocycles. The van der Waals surface area contributed by atoms with Crippen molar-refractivity contribution in [2.24, 2.45) is 5.73 Å². The van der Waals surface area contributed by atoms with Crippen LogP contribution in [-0.4, -0.2) is 37.3 Å². The summed E-state index contributed by atoms with van der Waals surface area (Å²) in [5, 5.41) is 7.89. The van der Waals surface area contributed by atoms with Crippen molar-refractivity contribution in [2.75, 3.05) is 6.54 Å². The molecule has 84 valence electrons. The number of carboxylic acid groups (broad SMARTS) is 1. The highest BCUT2D eigenvalue weighted by molar-refractivity contribution is 7.90. The van der Waals surface area contributed by atoms with Crippen molar-refractivity contribution in [3.05, 3.63) is 0 Å². The van der Waals surface area contributed by atoms with E-state index in [0.29, 0.717) is 0 Å². The molecule has 0 saturated carbocycles. The Bertz CT molecular complexity index is 286. The summed E-state index contributed by atoms with van der Waals surface area (Å²) in [6.07, 6.45) is 0.0846. The number of carboxylic acids is 1. The molecule has 1 atom stereocenters. The van der Waals surface area contributed by atoms with E-state index in [9.17, 15) is 13.2 Å². The second-order valence-electron chi connectivity index (χ2n) is 3.22. The monoisotopic (exact) mass is 224 g/mol. The summed E-state index contributed by atoms with van der Waals surface area (Å²) < 4.78 is 24.6. The zero-order chi connectivity index (χ0) is 11.4. The van der Waals surface area contributed by atoms with Gasteiger partial charge in [-0.05, 0) is 20.3 Å². The number of carbonyl (C=O) groups is 1. The quantitative estimate of drug-likeness (QED) is 0.542. The molecule has 0 heterocycles. The first-order chi connectivity index (χ1) is 6.27. The van der Waals surface area contributed by atoms with Crippen LogP contribution in [0.1, 0.15) is 20.3 Å². The minimum absolute atomic E-state index is 0.0496. The van der Waals surface area contributed by atoms with Gasteiger partial charge < -0.3 is 10.8 Å². The zero-order valence-electron chi connectivity index (χ0n) is 8.23. The van der Waals surface area contributed by atoms with Crippen molar-refractivity contribution in [2.45, 2.75) is 31.6 Å². The maximum absolute atomic E-state index is 11.2. The SMILES string of the molecule is CC(C)S(=O)(=O)NCCC(N)C(=O)O. The molecule has 0 aromatic carbocycles. The molecular weight excluding hydrogens is 208 g/mol. The Hall–Kier alpha value is -0.660. The van der Waals surface area contributed by atoms with Crippen molar-refractivity contribution >= 4 is 16.0 Å². The first-order valence-corrected chi connectivity index (χ1v) is 5.79. The van der Waals surface area contributed by atoms with Crippen LogP contribution in [-0.2, 0) is 14.8 Å². The van der Waals surface area contributed by atoms with Gasteiger partial charge in [-0.3, -0.25) is 4.79 Å². The summed E-state index contributed by atoms with van der Waals surface area (Å²) in [4.78, 5) is 10.3. The van der Waals surface area contributed by atoms with E-state index in [0.717, 1.165) is 0 Å². The van der Waals surface area contributed by atoms with Crippen molar-refractivity contribution in [3.8, 4) is 0 Å². The zero-order valence-corrected chi connectivity index (χ0v) is 9.04. The molecule has 0 bridgehead atoms. The smallest absolute Gasteiger partial charge is 0.320 e. The summed E-state index contributed by atoms with van der Waals surface area (Å²) in [6.45, 7) is 3.13. The molecule has 6 nitrogen and oxygen atoms in total. The van der Waals surface area contributed by atoms with Crippen LogP contribution in [0.3, 0.4) is 0 Å². The van der Waals surface area contributed by atoms with E-state index in [2.05, 4.69) is 4.72 Å². The van der Waals surface area contributed by atoms with Gasteiger partial charge in [-0.1, -0.05) is 0 Å². The standard InChI is InChI=1S/C7H16N2O4S/c1-5(2)14(12,13)9-4-3-6(8)7(10)11/h5-6,9H,3-4,8H2,1-2H3,(H,10,11). The van der Waals surface area contributed by atoms with Gasteiger partial charge in [0.2, 0.25) is 10.0 Å². The lowest BCUT2D eigenvalue weighted by Gasteiger charge is -2.10. The average Bonchev–Trinajstić information content (AvgIpc) is 2.03. The van der Waals surface area contributed by atoms with Gasteiger partial charge in [0.25, 0.3) is 0 Å². The number of rotatable bonds is 6. The lowest BCUT2D eigenvalue weighted by molar-refractivity contribution is -0.138. The molecule has 0 aromatic heterocycles. The molecular formula is C7H16N2O4S. The molecule has 0 aliphatic carbocycles. The molecule has 0 fully saturated rings. The Labute approximate surface area is 83.5 Å². The summed E-state index contributed by atoms with van der Waals surface area (Å²) in [5.41, 5.74) is 5.19. The Morgan fingerprint density at radius 3 is 2.36 bits per heavy atom. The molecule has 0 radical (unpaired) electrons. The van der Waals surface area contributed by atoms with Gasteiger partial charge in [-0.15, -0.1) is 0 Å².